The maximum absolute atomic E-state index is 11.9. The van der Waals surface area contributed by atoms with Crippen LogP contribution >= 0.6 is 11.6 Å². The molecule has 1 aromatic carbocycles. The number of rotatable bonds is 4. The molecule has 4 nitrogen and oxygen atoms in total. The molecule has 2 rings (SSSR count). The van der Waals surface area contributed by atoms with Crippen LogP contribution in [0.15, 0.2) is 18.2 Å². The van der Waals surface area contributed by atoms with Gasteiger partial charge in [0.15, 0.2) is 0 Å². The van der Waals surface area contributed by atoms with Crippen LogP contribution < -0.4 is 10.6 Å². The number of carbonyl (C=O) groups excluding carboxylic acids is 1. The van der Waals surface area contributed by atoms with Crippen molar-refractivity contribution in [1.82, 2.24) is 5.32 Å². The summed E-state index contributed by atoms with van der Waals surface area (Å²) in [5, 5.41) is 6.93. The molecule has 0 radical (unpaired) electrons. The molecule has 1 fully saturated rings. The number of hydrogen-bond donors (Lipinski definition) is 2. The van der Waals surface area contributed by atoms with Crippen molar-refractivity contribution in [3.8, 4) is 0 Å². The summed E-state index contributed by atoms with van der Waals surface area (Å²) in [6, 6.07) is 5.43. The van der Waals surface area contributed by atoms with Gasteiger partial charge in [-0.05, 0) is 64.3 Å². The SMILES string of the molecule is CC1(NCc2cc(Cl)ccc2NC(=O)OC(C)(C)C)CC1. The molecule has 21 heavy (non-hydrogen) atoms. The number of benzene rings is 1. The number of carbonyl (C=O) groups is 1. The Labute approximate surface area is 131 Å². The predicted octanol–water partition coefficient (Wildman–Crippen LogP) is 4.33. The van der Waals surface area contributed by atoms with Gasteiger partial charge in [-0.25, -0.2) is 4.79 Å². The van der Waals surface area contributed by atoms with Gasteiger partial charge in [0.2, 0.25) is 0 Å². The highest BCUT2D eigenvalue weighted by Gasteiger charge is 2.36. The maximum Gasteiger partial charge on any atom is 0.412 e. The first-order valence-corrected chi connectivity index (χ1v) is 7.58. The van der Waals surface area contributed by atoms with Gasteiger partial charge in [0.25, 0.3) is 0 Å². The van der Waals surface area contributed by atoms with Gasteiger partial charge in [-0.1, -0.05) is 11.6 Å². The molecule has 5 heteroatoms. The highest BCUT2D eigenvalue weighted by Crippen LogP contribution is 2.35. The van der Waals surface area contributed by atoms with Crippen molar-refractivity contribution in [3.63, 3.8) is 0 Å². The minimum Gasteiger partial charge on any atom is -0.444 e. The fourth-order valence-corrected chi connectivity index (χ4v) is 2.11. The number of anilines is 1. The summed E-state index contributed by atoms with van der Waals surface area (Å²) in [6.45, 7) is 8.38. The van der Waals surface area contributed by atoms with Crippen molar-refractivity contribution < 1.29 is 9.53 Å². The molecule has 116 valence electrons. The Morgan fingerprint density at radius 1 is 1.38 bits per heavy atom. The third-order valence-electron chi connectivity index (χ3n) is 3.41. The Balaban J connectivity index is 2.05. The normalized spacial score (nSPS) is 16.4. The van der Waals surface area contributed by atoms with Crippen molar-refractivity contribution in [2.45, 2.75) is 58.2 Å². The first-order chi connectivity index (χ1) is 9.67. The molecule has 0 heterocycles. The van der Waals surface area contributed by atoms with Crippen LogP contribution in [0, 0.1) is 0 Å². The maximum atomic E-state index is 11.9. The second-order valence-electron chi connectivity index (χ2n) is 6.84. The van der Waals surface area contributed by atoms with E-state index in [2.05, 4.69) is 17.6 Å². The summed E-state index contributed by atoms with van der Waals surface area (Å²) in [6.07, 6.45) is 1.91. The van der Waals surface area contributed by atoms with E-state index in [-0.39, 0.29) is 5.54 Å². The zero-order valence-electron chi connectivity index (χ0n) is 13.0. The monoisotopic (exact) mass is 310 g/mol. The first kappa shape index (κ1) is 16.1. The summed E-state index contributed by atoms with van der Waals surface area (Å²) < 4.78 is 5.28. The van der Waals surface area contributed by atoms with Crippen LogP contribution in [0.1, 0.15) is 46.1 Å². The molecule has 0 spiro atoms. The summed E-state index contributed by atoms with van der Waals surface area (Å²) in [5.74, 6) is 0. The quantitative estimate of drug-likeness (QED) is 0.870. The van der Waals surface area contributed by atoms with E-state index in [1.807, 2.05) is 26.8 Å². The number of nitrogens with one attached hydrogen (secondary N) is 2. The Bertz CT molecular complexity index is 534. The van der Waals surface area contributed by atoms with Crippen LogP contribution in [0.3, 0.4) is 0 Å². The lowest BCUT2D eigenvalue weighted by Gasteiger charge is -2.21. The van der Waals surface area contributed by atoms with Gasteiger partial charge < -0.3 is 10.1 Å². The third kappa shape index (κ3) is 5.21. The molecule has 0 aromatic heterocycles. The molecule has 1 amide bonds. The summed E-state index contributed by atoms with van der Waals surface area (Å²) >= 11 is 6.05. The van der Waals surface area contributed by atoms with E-state index >= 15 is 0 Å². The summed E-state index contributed by atoms with van der Waals surface area (Å²) in [7, 11) is 0. The lowest BCUT2D eigenvalue weighted by molar-refractivity contribution is 0.0636. The summed E-state index contributed by atoms with van der Waals surface area (Å²) in [5.41, 5.74) is 1.40. The highest BCUT2D eigenvalue weighted by molar-refractivity contribution is 6.30. The topological polar surface area (TPSA) is 50.4 Å². The molecule has 0 unspecified atom stereocenters. The Hall–Kier alpha value is -1.26. The van der Waals surface area contributed by atoms with Gasteiger partial charge in [0.05, 0.1) is 0 Å². The fraction of sp³-hybridized carbons (Fsp3) is 0.562. The Morgan fingerprint density at radius 3 is 2.62 bits per heavy atom. The van der Waals surface area contributed by atoms with E-state index in [4.69, 9.17) is 16.3 Å². The lowest BCUT2D eigenvalue weighted by Crippen LogP contribution is -2.29. The van der Waals surface area contributed by atoms with Crippen molar-refractivity contribution >= 4 is 23.4 Å². The number of hydrogen-bond acceptors (Lipinski definition) is 3. The second kappa shape index (κ2) is 5.85. The van der Waals surface area contributed by atoms with E-state index < -0.39 is 11.7 Å². The predicted molar refractivity (Wildman–Crippen MR) is 85.8 cm³/mol. The van der Waals surface area contributed by atoms with Gasteiger partial charge in [-0.2, -0.15) is 0 Å². The molecule has 0 saturated heterocycles. The lowest BCUT2D eigenvalue weighted by atomic mass is 10.1. The average Bonchev–Trinajstić information content (AvgIpc) is 3.06. The van der Waals surface area contributed by atoms with E-state index in [1.165, 1.54) is 12.8 Å². The molecule has 0 atom stereocenters. The third-order valence-corrected chi connectivity index (χ3v) is 3.64. The Kier molecular flexibility index (Phi) is 4.49. The largest absolute Gasteiger partial charge is 0.444 e. The second-order valence-corrected chi connectivity index (χ2v) is 7.28. The molecule has 0 bridgehead atoms. The van der Waals surface area contributed by atoms with Gasteiger partial charge in [-0.3, -0.25) is 5.32 Å². The van der Waals surface area contributed by atoms with E-state index in [0.29, 0.717) is 11.6 Å². The van der Waals surface area contributed by atoms with Gasteiger partial charge >= 0.3 is 6.09 Å². The first-order valence-electron chi connectivity index (χ1n) is 7.20. The van der Waals surface area contributed by atoms with Gasteiger partial charge in [0, 0.05) is 22.8 Å². The van der Waals surface area contributed by atoms with Crippen LogP contribution in [0.5, 0.6) is 0 Å². The fourth-order valence-electron chi connectivity index (χ4n) is 1.92. The molecular formula is C16H23ClN2O2. The van der Waals surface area contributed by atoms with Crippen molar-refractivity contribution in [3.05, 3.63) is 28.8 Å². The molecule has 0 aliphatic heterocycles. The zero-order chi connectivity index (χ0) is 15.7. The minimum atomic E-state index is -0.517. The Morgan fingerprint density at radius 2 is 2.05 bits per heavy atom. The van der Waals surface area contributed by atoms with Crippen LogP contribution in [-0.4, -0.2) is 17.2 Å². The number of ether oxygens (including phenoxy) is 1. The zero-order valence-corrected chi connectivity index (χ0v) is 13.8. The smallest absolute Gasteiger partial charge is 0.412 e. The van der Waals surface area contributed by atoms with Crippen LogP contribution in [0.25, 0.3) is 0 Å². The molecule has 1 aromatic rings. The van der Waals surface area contributed by atoms with Crippen molar-refractivity contribution in [2.24, 2.45) is 0 Å². The van der Waals surface area contributed by atoms with Crippen LogP contribution in [-0.2, 0) is 11.3 Å². The van der Waals surface area contributed by atoms with E-state index in [0.717, 1.165) is 11.3 Å². The minimum absolute atomic E-state index is 0.228. The number of halogens is 1. The molecule has 1 aliphatic carbocycles. The van der Waals surface area contributed by atoms with Gasteiger partial charge in [0.1, 0.15) is 5.60 Å². The molecular weight excluding hydrogens is 288 g/mol. The van der Waals surface area contributed by atoms with Crippen molar-refractivity contribution in [2.75, 3.05) is 5.32 Å². The number of amides is 1. The van der Waals surface area contributed by atoms with E-state index in [9.17, 15) is 4.79 Å². The summed E-state index contributed by atoms with van der Waals surface area (Å²) in [4.78, 5) is 11.9. The van der Waals surface area contributed by atoms with Crippen LogP contribution in [0.2, 0.25) is 5.02 Å². The van der Waals surface area contributed by atoms with Gasteiger partial charge in [-0.15, -0.1) is 0 Å². The highest BCUT2D eigenvalue weighted by atomic mass is 35.5. The van der Waals surface area contributed by atoms with E-state index in [1.54, 1.807) is 12.1 Å². The molecule has 2 N–H and O–H groups in total. The molecule has 1 saturated carbocycles. The standard InChI is InChI=1S/C16H23ClN2O2/c1-15(2,3)21-14(20)19-13-6-5-12(17)9-11(13)10-18-16(4)7-8-16/h5-6,9,18H,7-8,10H2,1-4H3,(H,19,20). The van der Waals surface area contributed by atoms with Crippen molar-refractivity contribution in [1.29, 1.82) is 0 Å². The average molecular weight is 311 g/mol. The van der Waals surface area contributed by atoms with Crippen LogP contribution in [0.4, 0.5) is 10.5 Å². The molecule has 1 aliphatic rings.